The van der Waals surface area contributed by atoms with Crippen molar-refractivity contribution in [2.75, 3.05) is 7.05 Å². The van der Waals surface area contributed by atoms with Crippen molar-refractivity contribution in [3.63, 3.8) is 0 Å². The summed E-state index contributed by atoms with van der Waals surface area (Å²) in [6.45, 7) is 1.19. The number of carbonyl (C=O) groups is 2. The SMILES string of the molecule is CC(C(=O)O)N(C)C(=O)c1ncsc1C(F)(F)F. The van der Waals surface area contributed by atoms with Gasteiger partial charge in [-0.1, -0.05) is 0 Å². The molecule has 1 aromatic heterocycles. The van der Waals surface area contributed by atoms with E-state index in [-0.39, 0.29) is 0 Å². The number of carbonyl (C=O) groups excluding carboxylic acids is 1. The minimum atomic E-state index is -4.68. The quantitative estimate of drug-likeness (QED) is 0.916. The lowest BCUT2D eigenvalue weighted by molar-refractivity contribution is -0.141. The summed E-state index contributed by atoms with van der Waals surface area (Å²) in [6.07, 6.45) is -4.68. The van der Waals surface area contributed by atoms with Crippen LogP contribution in [-0.2, 0) is 11.0 Å². The van der Waals surface area contributed by atoms with Gasteiger partial charge in [0.25, 0.3) is 5.91 Å². The van der Waals surface area contributed by atoms with Crippen LogP contribution in [0.1, 0.15) is 22.3 Å². The zero-order valence-corrected chi connectivity index (χ0v) is 10.2. The second kappa shape index (κ2) is 4.92. The minimum absolute atomic E-state index is 0.291. The first kappa shape index (κ1) is 14.4. The lowest BCUT2D eigenvalue weighted by Gasteiger charge is -2.21. The van der Waals surface area contributed by atoms with E-state index in [0.29, 0.717) is 16.2 Å². The first-order valence-electron chi connectivity index (χ1n) is 4.67. The van der Waals surface area contributed by atoms with E-state index in [0.717, 1.165) is 12.6 Å². The van der Waals surface area contributed by atoms with Gasteiger partial charge in [0.1, 0.15) is 10.9 Å². The van der Waals surface area contributed by atoms with Crippen LogP contribution in [-0.4, -0.2) is 40.0 Å². The van der Waals surface area contributed by atoms with Crippen molar-refractivity contribution in [3.8, 4) is 0 Å². The molecule has 18 heavy (non-hydrogen) atoms. The van der Waals surface area contributed by atoms with E-state index >= 15 is 0 Å². The Labute approximate surface area is 104 Å². The third-order valence-corrected chi connectivity index (χ3v) is 3.16. The highest BCUT2D eigenvalue weighted by molar-refractivity contribution is 7.10. The number of aromatic nitrogens is 1. The van der Waals surface area contributed by atoms with Crippen LogP contribution in [0.5, 0.6) is 0 Å². The second-order valence-corrected chi connectivity index (χ2v) is 4.31. The molecule has 9 heteroatoms. The molecular weight excluding hydrogens is 273 g/mol. The summed E-state index contributed by atoms with van der Waals surface area (Å²) in [5, 5.41) is 8.69. The van der Waals surface area contributed by atoms with Crippen LogP contribution in [0.25, 0.3) is 0 Å². The molecule has 0 aliphatic heterocycles. The predicted molar refractivity (Wildman–Crippen MR) is 56.3 cm³/mol. The third kappa shape index (κ3) is 2.78. The molecule has 1 atom stereocenters. The summed E-state index contributed by atoms with van der Waals surface area (Å²) in [6, 6.07) is -1.24. The van der Waals surface area contributed by atoms with Crippen molar-refractivity contribution in [1.82, 2.24) is 9.88 Å². The van der Waals surface area contributed by atoms with Crippen molar-refractivity contribution >= 4 is 23.2 Å². The van der Waals surface area contributed by atoms with Crippen LogP contribution >= 0.6 is 11.3 Å². The molecule has 1 rings (SSSR count). The fourth-order valence-electron chi connectivity index (χ4n) is 1.11. The molecule has 0 saturated heterocycles. The topological polar surface area (TPSA) is 70.5 Å². The average molecular weight is 282 g/mol. The Morgan fingerprint density at radius 1 is 1.50 bits per heavy atom. The van der Waals surface area contributed by atoms with Gasteiger partial charge in [-0.15, -0.1) is 11.3 Å². The lowest BCUT2D eigenvalue weighted by Crippen LogP contribution is -2.40. The Balaban J connectivity index is 3.06. The third-order valence-electron chi connectivity index (χ3n) is 2.29. The molecule has 1 heterocycles. The van der Waals surface area contributed by atoms with Gasteiger partial charge in [-0.2, -0.15) is 13.2 Å². The van der Waals surface area contributed by atoms with E-state index < -0.39 is 34.7 Å². The maximum atomic E-state index is 12.5. The van der Waals surface area contributed by atoms with Crippen molar-refractivity contribution < 1.29 is 27.9 Å². The van der Waals surface area contributed by atoms with Crippen LogP contribution in [0.4, 0.5) is 13.2 Å². The van der Waals surface area contributed by atoms with E-state index in [2.05, 4.69) is 4.98 Å². The first-order chi connectivity index (χ1) is 8.16. The highest BCUT2D eigenvalue weighted by Crippen LogP contribution is 2.35. The van der Waals surface area contributed by atoms with Gasteiger partial charge in [0.05, 0.1) is 5.51 Å². The monoisotopic (exact) mass is 282 g/mol. The second-order valence-electron chi connectivity index (χ2n) is 3.46. The largest absolute Gasteiger partial charge is 0.480 e. The fraction of sp³-hybridized carbons (Fsp3) is 0.444. The highest BCUT2D eigenvalue weighted by atomic mass is 32.1. The molecule has 0 aliphatic carbocycles. The summed E-state index contributed by atoms with van der Waals surface area (Å²) in [7, 11) is 1.11. The van der Waals surface area contributed by atoms with Gasteiger partial charge in [0, 0.05) is 7.05 Å². The number of hydrogen-bond donors (Lipinski definition) is 1. The lowest BCUT2D eigenvalue weighted by atomic mass is 10.2. The van der Waals surface area contributed by atoms with Gasteiger partial charge < -0.3 is 10.0 Å². The van der Waals surface area contributed by atoms with Gasteiger partial charge >= 0.3 is 12.1 Å². The van der Waals surface area contributed by atoms with Crippen LogP contribution < -0.4 is 0 Å². The maximum absolute atomic E-state index is 12.5. The number of thiazole rings is 1. The Bertz CT molecular complexity index is 472. The van der Waals surface area contributed by atoms with E-state index in [1.165, 1.54) is 6.92 Å². The Hall–Kier alpha value is -1.64. The van der Waals surface area contributed by atoms with E-state index in [1.54, 1.807) is 0 Å². The molecule has 1 N–H and O–H groups in total. The van der Waals surface area contributed by atoms with Gasteiger partial charge in [0.2, 0.25) is 0 Å². The molecule has 1 amide bonds. The first-order valence-corrected chi connectivity index (χ1v) is 5.55. The summed E-state index contributed by atoms with van der Waals surface area (Å²) in [5.74, 6) is -2.38. The number of aliphatic carboxylic acids is 1. The van der Waals surface area contributed by atoms with Crippen LogP contribution in [0.15, 0.2) is 5.51 Å². The van der Waals surface area contributed by atoms with Crippen LogP contribution in [0.3, 0.4) is 0 Å². The maximum Gasteiger partial charge on any atom is 0.427 e. The van der Waals surface area contributed by atoms with Gasteiger partial charge in [0.15, 0.2) is 5.69 Å². The highest BCUT2D eigenvalue weighted by Gasteiger charge is 2.39. The summed E-state index contributed by atoms with van der Waals surface area (Å²) in [4.78, 5) is 25.3. The summed E-state index contributed by atoms with van der Waals surface area (Å²) in [5.41, 5.74) is 0.123. The number of nitrogens with zero attached hydrogens (tertiary/aromatic N) is 2. The Morgan fingerprint density at radius 2 is 2.06 bits per heavy atom. The Kier molecular flexibility index (Phi) is 3.95. The number of carboxylic acid groups (broad SMARTS) is 1. The standard InChI is InChI=1S/C9H9F3N2O3S/c1-4(8(16)17)14(2)7(15)5-6(9(10,11)12)18-3-13-5/h3-4H,1-2H3,(H,16,17). The van der Waals surface area contributed by atoms with Crippen molar-refractivity contribution in [1.29, 1.82) is 0 Å². The molecule has 100 valence electrons. The molecule has 0 aromatic carbocycles. The Morgan fingerprint density at radius 3 is 2.50 bits per heavy atom. The molecule has 1 unspecified atom stereocenters. The molecule has 0 saturated carbocycles. The van der Waals surface area contributed by atoms with E-state index in [9.17, 15) is 22.8 Å². The van der Waals surface area contributed by atoms with Gasteiger partial charge in [-0.25, -0.2) is 9.78 Å². The molecule has 0 bridgehead atoms. The van der Waals surface area contributed by atoms with E-state index in [1.807, 2.05) is 0 Å². The van der Waals surface area contributed by atoms with Crippen molar-refractivity contribution in [2.45, 2.75) is 19.1 Å². The normalized spacial score (nSPS) is 13.2. The number of halogens is 3. The number of amides is 1. The average Bonchev–Trinajstić information content (AvgIpc) is 2.74. The molecule has 5 nitrogen and oxygen atoms in total. The fourth-order valence-corrected chi connectivity index (χ4v) is 1.76. The zero-order valence-electron chi connectivity index (χ0n) is 9.35. The van der Waals surface area contributed by atoms with Crippen molar-refractivity contribution in [3.05, 3.63) is 16.1 Å². The number of rotatable bonds is 3. The summed E-state index contributed by atoms with van der Waals surface area (Å²) < 4.78 is 37.6. The van der Waals surface area contributed by atoms with Gasteiger partial charge in [-0.05, 0) is 6.92 Å². The number of likely N-dealkylation sites (N-methyl/N-ethyl adjacent to an activating group) is 1. The van der Waals surface area contributed by atoms with E-state index in [4.69, 9.17) is 5.11 Å². The smallest absolute Gasteiger partial charge is 0.427 e. The minimum Gasteiger partial charge on any atom is -0.480 e. The van der Waals surface area contributed by atoms with Crippen LogP contribution in [0, 0.1) is 0 Å². The molecule has 0 fully saturated rings. The summed E-state index contributed by atoms with van der Waals surface area (Å²) >= 11 is 0.291. The van der Waals surface area contributed by atoms with Crippen molar-refractivity contribution in [2.24, 2.45) is 0 Å². The molecule has 1 aromatic rings. The number of carboxylic acids is 1. The molecule has 0 spiro atoms. The molecular formula is C9H9F3N2O3S. The van der Waals surface area contributed by atoms with Gasteiger partial charge in [-0.3, -0.25) is 4.79 Å². The molecule has 0 radical (unpaired) electrons. The zero-order chi connectivity index (χ0) is 14.1. The van der Waals surface area contributed by atoms with Crippen LogP contribution in [0.2, 0.25) is 0 Å². The number of alkyl halides is 3. The molecule has 0 aliphatic rings. The predicted octanol–water partition coefficient (Wildman–Crippen LogP) is 1.71. The number of hydrogen-bond acceptors (Lipinski definition) is 4.